The van der Waals surface area contributed by atoms with E-state index >= 15 is 0 Å². The fourth-order valence-corrected chi connectivity index (χ4v) is 2.96. The summed E-state index contributed by atoms with van der Waals surface area (Å²) < 4.78 is 0.866. The van der Waals surface area contributed by atoms with Crippen LogP contribution < -0.4 is 10.6 Å². The first kappa shape index (κ1) is 17.3. The topological polar surface area (TPSA) is 24.1 Å². The van der Waals surface area contributed by atoms with Crippen molar-refractivity contribution < 1.29 is 0 Å². The molecule has 5 heteroatoms. The standard InChI is InChI=1S/C17H18BrClN2S/c1-3-16(13-7-5-4-6-11(13)2)21-17(22)20-12-8-9-14(18)15(19)10-12/h4-10,16H,3H2,1-2H3,(H2,20,21,22)/t16-/m1/s1. The Morgan fingerprint density at radius 1 is 1.27 bits per heavy atom. The van der Waals surface area contributed by atoms with E-state index in [1.165, 1.54) is 11.1 Å². The lowest BCUT2D eigenvalue weighted by Gasteiger charge is -2.21. The molecular weight excluding hydrogens is 380 g/mol. The number of benzene rings is 2. The molecule has 0 aliphatic carbocycles. The molecule has 0 heterocycles. The molecule has 0 amide bonds. The molecule has 0 saturated heterocycles. The Balaban J connectivity index is 2.06. The molecule has 0 aliphatic rings. The third-order valence-corrected chi connectivity index (χ3v) is 4.91. The second kappa shape index (κ2) is 7.95. The zero-order chi connectivity index (χ0) is 16.1. The first-order valence-electron chi connectivity index (χ1n) is 7.09. The molecule has 2 nitrogen and oxygen atoms in total. The van der Waals surface area contributed by atoms with Crippen LogP contribution in [0.5, 0.6) is 0 Å². The van der Waals surface area contributed by atoms with Gasteiger partial charge in [0.1, 0.15) is 0 Å². The lowest BCUT2D eigenvalue weighted by atomic mass is 10.00. The molecule has 0 saturated carbocycles. The van der Waals surface area contributed by atoms with Crippen molar-refractivity contribution in [1.82, 2.24) is 5.32 Å². The molecule has 2 rings (SSSR count). The van der Waals surface area contributed by atoms with Crippen LogP contribution in [0.25, 0.3) is 0 Å². The first-order valence-corrected chi connectivity index (χ1v) is 8.67. The van der Waals surface area contributed by atoms with Crippen molar-refractivity contribution in [3.05, 3.63) is 63.1 Å². The fraction of sp³-hybridized carbons (Fsp3) is 0.235. The van der Waals surface area contributed by atoms with E-state index in [4.69, 9.17) is 23.8 Å². The molecule has 1 atom stereocenters. The minimum absolute atomic E-state index is 0.187. The number of hydrogen-bond acceptors (Lipinski definition) is 1. The Hall–Kier alpha value is -1.10. The predicted molar refractivity (Wildman–Crippen MR) is 103 cm³/mol. The maximum absolute atomic E-state index is 6.10. The largest absolute Gasteiger partial charge is 0.356 e. The summed E-state index contributed by atoms with van der Waals surface area (Å²) in [6.45, 7) is 4.26. The average molecular weight is 398 g/mol. The summed E-state index contributed by atoms with van der Waals surface area (Å²) in [5.41, 5.74) is 3.39. The minimum Gasteiger partial charge on any atom is -0.356 e. The van der Waals surface area contributed by atoms with Crippen molar-refractivity contribution >= 4 is 50.5 Å². The predicted octanol–water partition coefficient (Wildman–Crippen LogP) is 5.85. The summed E-state index contributed by atoms with van der Waals surface area (Å²) in [6.07, 6.45) is 0.952. The van der Waals surface area contributed by atoms with E-state index in [-0.39, 0.29) is 6.04 Å². The molecule has 0 unspecified atom stereocenters. The normalized spacial score (nSPS) is 11.8. The monoisotopic (exact) mass is 396 g/mol. The van der Waals surface area contributed by atoms with E-state index in [1.807, 2.05) is 24.3 Å². The van der Waals surface area contributed by atoms with Crippen molar-refractivity contribution in [2.45, 2.75) is 26.3 Å². The third-order valence-electron chi connectivity index (χ3n) is 3.45. The molecule has 0 aliphatic heterocycles. The van der Waals surface area contributed by atoms with Crippen molar-refractivity contribution in [2.75, 3.05) is 5.32 Å². The number of anilines is 1. The van der Waals surface area contributed by atoms with Crippen LogP contribution in [0.15, 0.2) is 46.9 Å². The van der Waals surface area contributed by atoms with E-state index in [1.54, 1.807) is 0 Å². The van der Waals surface area contributed by atoms with Crippen LogP contribution in [0.4, 0.5) is 5.69 Å². The van der Waals surface area contributed by atoms with Crippen LogP contribution in [-0.4, -0.2) is 5.11 Å². The van der Waals surface area contributed by atoms with Crippen molar-refractivity contribution in [2.24, 2.45) is 0 Å². The van der Waals surface area contributed by atoms with Gasteiger partial charge >= 0.3 is 0 Å². The number of halogens is 2. The van der Waals surface area contributed by atoms with Crippen LogP contribution in [-0.2, 0) is 0 Å². The number of aryl methyl sites for hydroxylation is 1. The first-order chi connectivity index (χ1) is 10.5. The second-order valence-electron chi connectivity index (χ2n) is 5.04. The summed E-state index contributed by atoms with van der Waals surface area (Å²) in [7, 11) is 0. The molecule has 0 spiro atoms. The Morgan fingerprint density at radius 2 is 2.00 bits per heavy atom. The van der Waals surface area contributed by atoms with Crippen LogP contribution >= 0.6 is 39.7 Å². The number of hydrogen-bond donors (Lipinski definition) is 2. The Labute approximate surface area is 150 Å². The van der Waals surface area contributed by atoms with Gasteiger partial charge in [0.15, 0.2) is 5.11 Å². The third kappa shape index (κ3) is 4.45. The molecule has 0 bridgehead atoms. The van der Waals surface area contributed by atoms with Gasteiger partial charge in [-0.15, -0.1) is 0 Å². The number of nitrogens with one attached hydrogen (secondary N) is 2. The molecule has 2 aromatic rings. The van der Waals surface area contributed by atoms with Gasteiger partial charge < -0.3 is 10.6 Å². The van der Waals surface area contributed by atoms with Gasteiger partial charge in [0.05, 0.1) is 11.1 Å². The van der Waals surface area contributed by atoms with Crippen LogP contribution in [0.3, 0.4) is 0 Å². The number of thiocarbonyl (C=S) groups is 1. The van der Waals surface area contributed by atoms with Gasteiger partial charge in [0.25, 0.3) is 0 Å². The molecule has 0 fully saturated rings. The van der Waals surface area contributed by atoms with E-state index in [0.717, 1.165) is 16.6 Å². The fourth-order valence-electron chi connectivity index (χ4n) is 2.28. The van der Waals surface area contributed by atoms with E-state index in [9.17, 15) is 0 Å². The van der Waals surface area contributed by atoms with E-state index in [2.05, 4.69) is 58.6 Å². The van der Waals surface area contributed by atoms with Crippen molar-refractivity contribution in [3.8, 4) is 0 Å². The van der Waals surface area contributed by atoms with E-state index in [0.29, 0.717) is 10.1 Å². The van der Waals surface area contributed by atoms with Crippen molar-refractivity contribution in [3.63, 3.8) is 0 Å². The second-order valence-corrected chi connectivity index (χ2v) is 6.71. The lowest BCUT2D eigenvalue weighted by Crippen LogP contribution is -2.32. The molecule has 2 aromatic carbocycles. The van der Waals surface area contributed by atoms with Gasteiger partial charge in [-0.25, -0.2) is 0 Å². The summed E-state index contributed by atoms with van der Waals surface area (Å²) in [6, 6.07) is 14.2. The molecule has 0 radical (unpaired) electrons. The van der Waals surface area contributed by atoms with Crippen molar-refractivity contribution in [1.29, 1.82) is 0 Å². The highest BCUT2D eigenvalue weighted by Crippen LogP contribution is 2.26. The molecule has 2 N–H and O–H groups in total. The van der Waals surface area contributed by atoms with Gasteiger partial charge in [-0.2, -0.15) is 0 Å². The Morgan fingerprint density at radius 3 is 2.64 bits per heavy atom. The summed E-state index contributed by atoms with van der Waals surface area (Å²) in [4.78, 5) is 0. The zero-order valence-corrected chi connectivity index (χ0v) is 15.6. The molecule has 22 heavy (non-hydrogen) atoms. The summed E-state index contributed by atoms with van der Waals surface area (Å²) in [5.74, 6) is 0. The van der Waals surface area contributed by atoms with Crippen LogP contribution in [0, 0.1) is 6.92 Å². The molecule has 0 aromatic heterocycles. The maximum atomic E-state index is 6.10. The quantitative estimate of drug-likeness (QED) is 0.633. The summed E-state index contributed by atoms with van der Waals surface area (Å²) in [5, 5.41) is 7.79. The Bertz CT molecular complexity index is 675. The van der Waals surface area contributed by atoms with Crippen LogP contribution in [0.1, 0.15) is 30.5 Å². The smallest absolute Gasteiger partial charge is 0.171 e. The van der Waals surface area contributed by atoms with Gasteiger partial charge in [0, 0.05) is 10.2 Å². The van der Waals surface area contributed by atoms with Gasteiger partial charge in [-0.05, 0) is 70.8 Å². The van der Waals surface area contributed by atoms with Gasteiger partial charge in [-0.1, -0.05) is 42.8 Å². The van der Waals surface area contributed by atoms with Gasteiger partial charge in [-0.3, -0.25) is 0 Å². The lowest BCUT2D eigenvalue weighted by molar-refractivity contribution is 0.625. The maximum Gasteiger partial charge on any atom is 0.171 e. The zero-order valence-electron chi connectivity index (χ0n) is 12.5. The highest BCUT2D eigenvalue weighted by Gasteiger charge is 2.12. The number of rotatable bonds is 4. The minimum atomic E-state index is 0.187. The SMILES string of the molecule is CC[C@@H](NC(=S)Nc1ccc(Br)c(Cl)c1)c1ccccc1C. The molecule has 116 valence electrons. The Kier molecular flexibility index (Phi) is 6.24. The molecular formula is C17H18BrClN2S. The average Bonchev–Trinajstić information content (AvgIpc) is 2.49. The highest BCUT2D eigenvalue weighted by molar-refractivity contribution is 9.10. The summed E-state index contributed by atoms with van der Waals surface area (Å²) >= 11 is 14.9. The van der Waals surface area contributed by atoms with E-state index < -0.39 is 0 Å². The van der Waals surface area contributed by atoms with Gasteiger partial charge in [0.2, 0.25) is 0 Å². The highest BCUT2D eigenvalue weighted by atomic mass is 79.9. The van der Waals surface area contributed by atoms with Crippen LogP contribution in [0.2, 0.25) is 5.02 Å².